The number of ether oxygens (including phenoxy) is 1. The van der Waals surface area contributed by atoms with Crippen molar-refractivity contribution in [2.45, 2.75) is 76.4 Å². The third-order valence-corrected chi connectivity index (χ3v) is 8.82. The van der Waals surface area contributed by atoms with E-state index in [1.54, 1.807) is 11.1 Å². The maximum absolute atomic E-state index is 13.2. The monoisotopic (exact) mass is 533 g/mol. The van der Waals surface area contributed by atoms with Crippen LogP contribution in [0.25, 0.3) is 0 Å². The molecule has 3 aliphatic heterocycles. The van der Waals surface area contributed by atoms with Crippen molar-refractivity contribution in [3.63, 3.8) is 0 Å². The molecular weight excluding hydrogens is 494 g/mol. The van der Waals surface area contributed by atoms with Gasteiger partial charge >= 0.3 is 0 Å². The van der Waals surface area contributed by atoms with Crippen LogP contribution in [0.4, 0.5) is 23.1 Å². The summed E-state index contributed by atoms with van der Waals surface area (Å²) >= 11 is 0. The van der Waals surface area contributed by atoms with Crippen molar-refractivity contribution in [2.75, 3.05) is 48.9 Å². The molecule has 39 heavy (non-hydrogen) atoms. The van der Waals surface area contributed by atoms with Crippen molar-refractivity contribution in [3.8, 4) is 5.75 Å². The fourth-order valence-corrected chi connectivity index (χ4v) is 6.59. The van der Waals surface area contributed by atoms with Gasteiger partial charge in [-0.05, 0) is 64.4 Å². The number of hydrogen-bond acceptors (Lipinski definition) is 8. The fraction of sp³-hybridized carbons (Fsp3) is 0.586. The first-order chi connectivity index (χ1) is 18.9. The van der Waals surface area contributed by atoms with Crippen LogP contribution in [0.5, 0.6) is 5.75 Å². The zero-order valence-corrected chi connectivity index (χ0v) is 23.2. The molecule has 2 fully saturated rings. The van der Waals surface area contributed by atoms with Gasteiger partial charge in [-0.3, -0.25) is 9.59 Å². The predicted molar refractivity (Wildman–Crippen MR) is 151 cm³/mol. The van der Waals surface area contributed by atoms with Gasteiger partial charge in [0, 0.05) is 36.7 Å². The molecule has 1 aromatic heterocycles. The van der Waals surface area contributed by atoms with Crippen LogP contribution in [0, 0.1) is 0 Å². The number of nitrogens with one attached hydrogen (secondary N) is 2. The summed E-state index contributed by atoms with van der Waals surface area (Å²) in [6.07, 6.45) is 9.58. The molecule has 10 nitrogen and oxygen atoms in total. The number of aromatic nitrogens is 2. The van der Waals surface area contributed by atoms with Crippen LogP contribution in [-0.2, 0) is 11.2 Å². The van der Waals surface area contributed by atoms with Crippen molar-refractivity contribution >= 4 is 35.0 Å². The van der Waals surface area contributed by atoms with E-state index < -0.39 is 0 Å². The Balaban J connectivity index is 1.27. The molecular formula is C29H39N7O3. The van der Waals surface area contributed by atoms with E-state index in [1.807, 2.05) is 19.2 Å². The maximum Gasteiger partial charge on any atom is 0.251 e. The second-order valence-corrected chi connectivity index (χ2v) is 11.3. The summed E-state index contributed by atoms with van der Waals surface area (Å²) in [6, 6.07) is 4.05. The number of fused-ring (bicyclic) bond motifs is 2. The number of nitrogens with zero attached hydrogens (tertiary/aromatic N) is 5. The molecule has 1 atom stereocenters. The summed E-state index contributed by atoms with van der Waals surface area (Å²) in [5.74, 6) is 2.02. The maximum atomic E-state index is 13.2. The van der Waals surface area contributed by atoms with E-state index in [0.717, 1.165) is 67.9 Å². The zero-order chi connectivity index (χ0) is 27.1. The van der Waals surface area contributed by atoms with Crippen molar-refractivity contribution in [3.05, 3.63) is 29.5 Å². The van der Waals surface area contributed by atoms with Gasteiger partial charge < -0.3 is 30.1 Å². The first kappa shape index (κ1) is 25.9. The first-order valence-electron chi connectivity index (χ1n) is 14.4. The Hall–Kier alpha value is -3.40. The summed E-state index contributed by atoms with van der Waals surface area (Å²) in [6.45, 7) is 4.59. The zero-order valence-electron chi connectivity index (χ0n) is 23.2. The van der Waals surface area contributed by atoms with Gasteiger partial charge in [-0.15, -0.1) is 0 Å². The number of benzene rings is 1. The number of likely N-dealkylation sites (N-methyl/N-ethyl adjacent to an activating group) is 1. The number of rotatable bonds is 6. The van der Waals surface area contributed by atoms with Gasteiger partial charge in [-0.25, -0.2) is 4.98 Å². The van der Waals surface area contributed by atoms with Gasteiger partial charge in [0.25, 0.3) is 5.91 Å². The Bertz CT molecular complexity index is 1250. The molecule has 2 N–H and O–H groups in total. The molecule has 0 bridgehead atoms. The molecule has 2 amide bonds. The lowest BCUT2D eigenvalue weighted by Crippen LogP contribution is -2.55. The number of carbonyl (C=O) groups is 2. The van der Waals surface area contributed by atoms with E-state index in [4.69, 9.17) is 9.72 Å². The summed E-state index contributed by atoms with van der Waals surface area (Å²) in [7, 11) is 3.93. The highest BCUT2D eigenvalue weighted by molar-refractivity contribution is 6.04. The lowest BCUT2D eigenvalue weighted by molar-refractivity contribution is -0.120. The average Bonchev–Trinajstić information content (AvgIpc) is 3.65. The van der Waals surface area contributed by atoms with Gasteiger partial charge in [0.2, 0.25) is 11.9 Å². The second kappa shape index (κ2) is 10.6. The number of piperidine rings is 1. The van der Waals surface area contributed by atoms with Crippen LogP contribution in [-0.4, -0.2) is 78.6 Å². The topological polar surface area (TPSA) is 103 Å². The largest absolute Gasteiger partial charge is 0.491 e. The van der Waals surface area contributed by atoms with Crippen LogP contribution >= 0.6 is 0 Å². The molecule has 1 saturated heterocycles. The number of anilines is 4. The lowest BCUT2D eigenvalue weighted by Gasteiger charge is -2.43. The third kappa shape index (κ3) is 4.79. The van der Waals surface area contributed by atoms with E-state index in [-0.39, 0.29) is 23.9 Å². The van der Waals surface area contributed by atoms with Gasteiger partial charge in [-0.2, -0.15) is 4.98 Å². The molecule has 1 saturated carbocycles. The molecule has 10 heteroatoms. The SMILES string of the molecule is CCC1C(=O)N(C)c2cnc(Nc3ccc(C(=O)NC4CCN(C)CC4)c4c3OCC4)nc2N1C1CCCC1. The third-order valence-electron chi connectivity index (χ3n) is 8.82. The Morgan fingerprint density at radius 1 is 1.13 bits per heavy atom. The minimum absolute atomic E-state index is 0.0339. The van der Waals surface area contributed by atoms with Gasteiger partial charge in [0.05, 0.1) is 18.5 Å². The minimum Gasteiger partial charge on any atom is -0.491 e. The van der Waals surface area contributed by atoms with Gasteiger partial charge in [0.1, 0.15) is 17.5 Å². The van der Waals surface area contributed by atoms with E-state index in [0.29, 0.717) is 36.3 Å². The van der Waals surface area contributed by atoms with Crippen molar-refractivity contribution in [1.82, 2.24) is 20.2 Å². The normalized spacial score (nSPS) is 22.0. The highest BCUT2D eigenvalue weighted by Gasteiger charge is 2.41. The number of hydrogen-bond donors (Lipinski definition) is 2. The molecule has 2 aromatic rings. The Morgan fingerprint density at radius 3 is 2.64 bits per heavy atom. The van der Waals surface area contributed by atoms with Crippen LogP contribution in [0.1, 0.15) is 67.8 Å². The Labute approximate surface area is 230 Å². The lowest BCUT2D eigenvalue weighted by atomic mass is 10.0. The molecule has 208 valence electrons. The standard InChI is InChI=1S/C29H39N7O3/c1-4-23-28(38)35(3)24-17-30-29(33-26(24)36(23)19-7-5-6-8-19)32-22-10-9-21(20-13-16-39-25(20)22)27(37)31-18-11-14-34(2)15-12-18/h9-10,17-19,23H,4-8,11-16H2,1-3H3,(H,31,37)(H,30,32,33). The highest BCUT2D eigenvalue weighted by atomic mass is 16.5. The summed E-state index contributed by atoms with van der Waals surface area (Å²) < 4.78 is 6.01. The molecule has 1 unspecified atom stereocenters. The molecule has 0 radical (unpaired) electrons. The average molecular weight is 534 g/mol. The summed E-state index contributed by atoms with van der Waals surface area (Å²) in [4.78, 5) is 42.1. The quantitative estimate of drug-likeness (QED) is 0.582. The summed E-state index contributed by atoms with van der Waals surface area (Å²) in [5, 5.41) is 6.60. The number of carbonyl (C=O) groups excluding carboxylic acids is 2. The number of likely N-dealkylation sites (tertiary alicyclic amines) is 1. The van der Waals surface area contributed by atoms with E-state index in [2.05, 4.69) is 39.4 Å². The van der Waals surface area contributed by atoms with E-state index in [1.165, 1.54) is 12.8 Å². The second-order valence-electron chi connectivity index (χ2n) is 11.3. The minimum atomic E-state index is -0.219. The molecule has 6 rings (SSSR count). The Morgan fingerprint density at radius 2 is 1.90 bits per heavy atom. The molecule has 1 aliphatic carbocycles. The number of amides is 2. The van der Waals surface area contributed by atoms with E-state index >= 15 is 0 Å². The van der Waals surface area contributed by atoms with Crippen molar-refractivity contribution < 1.29 is 14.3 Å². The van der Waals surface area contributed by atoms with Gasteiger partial charge in [-0.1, -0.05) is 19.8 Å². The van der Waals surface area contributed by atoms with Gasteiger partial charge in [0.15, 0.2) is 5.82 Å². The van der Waals surface area contributed by atoms with Crippen molar-refractivity contribution in [1.29, 1.82) is 0 Å². The molecule has 0 spiro atoms. The van der Waals surface area contributed by atoms with Crippen LogP contribution in [0.3, 0.4) is 0 Å². The molecule has 4 heterocycles. The van der Waals surface area contributed by atoms with Crippen LogP contribution in [0.15, 0.2) is 18.3 Å². The smallest absolute Gasteiger partial charge is 0.251 e. The fourth-order valence-electron chi connectivity index (χ4n) is 6.59. The van der Waals surface area contributed by atoms with Crippen LogP contribution in [0.2, 0.25) is 0 Å². The van der Waals surface area contributed by atoms with Crippen LogP contribution < -0.4 is 25.2 Å². The highest BCUT2D eigenvalue weighted by Crippen LogP contribution is 2.41. The van der Waals surface area contributed by atoms with E-state index in [9.17, 15) is 9.59 Å². The molecule has 4 aliphatic rings. The first-order valence-corrected chi connectivity index (χ1v) is 14.4. The molecule has 1 aromatic carbocycles. The summed E-state index contributed by atoms with van der Waals surface area (Å²) in [5.41, 5.74) is 3.09. The Kier molecular flexibility index (Phi) is 7.05. The predicted octanol–water partition coefficient (Wildman–Crippen LogP) is 3.48. The van der Waals surface area contributed by atoms with Crippen molar-refractivity contribution in [2.24, 2.45) is 0 Å².